The van der Waals surface area contributed by atoms with Gasteiger partial charge in [-0.3, -0.25) is 4.72 Å². The molecule has 1 fully saturated rings. The molecule has 0 amide bonds. The summed E-state index contributed by atoms with van der Waals surface area (Å²) in [5.41, 5.74) is 0. The second kappa shape index (κ2) is 5.05. The third kappa shape index (κ3) is 3.71. The van der Waals surface area contributed by atoms with E-state index in [1.807, 2.05) is 0 Å². The van der Waals surface area contributed by atoms with Crippen LogP contribution >= 0.6 is 0 Å². The van der Waals surface area contributed by atoms with E-state index in [0.717, 1.165) is 25.7 Å². The topological polar surface area (TPSA) is 84.2 Å². The standard InChI is InChI=1S/C10H17N3O3S/c1-8-7-10(11-16-8)13-17(14,15)12-9-5-3-2-4-6-9/h7,9,12H,2-6H2,1H3,(H,11,13). The lowest BCUT2D eigenvalue weighted by atomic mass is 9.96. The van der Waals surface area contributed by atoms with Gasteiger partial charge in [-0.15, -0.1) is 0 Å². The van der Waals surface area contributed by atoms with E-state index >= 15 is 0 Å². The molecule has 0 spiro atoms. The SMILES string of the molecule is Cc1cc(NS(=O)(=O)NC2CCCCC2)no1. The maximum absolute atomic E-state index is 11.8. The molecule has 1 aromatic rings. The van der Waals surface area contributed by atoms with Crippen LogP contribution in [0.4, 0.5) is 5.82 Å². The Morgan fingerprint density at radius 1 is 1.35 bits per heavy atom. The highest BCUT2D eigenvalue weighted by atomic mass is 32.2. The average molecular weight is 259 g/mol. The van der Waals surface area contributed by atoms with Crippen LogP contribution in [0.15, 0.2) is 10.6 Å². The summed E-state index contributed by atoms with van der Waals surface area (Å²) < 4.78 is 33.3. The van der Waals surface area contributed by atoms with Crippen molar-refractivity contribution in [3.05, 3.63) is 11.8 Å². The molecule has 7 heteroatoms. The Labute approximate surface area is 101 Å². The predicted octanol–water partition coefficient (Wildman–Crippen LogP) is 1.56. The fourth-order valence-corrected chi connectivity index (χ4v) is 3.13. The summed E-state index contributed by atoms with van der Waals surface area (Å²) in [6, 6.07) is 1.58. The van der Waals surface area contributed by atoms with Gasteiger partial charge in [0.1, 0.15) is 5.76 Å². The molecule has 96 valence electrons. The number of aromatic nitrogens is 1. The third-order valence-corrected chi connectivity index (χ3v) is 3.92. The minimum Gasteiger partial charge on any atom is -0.360 e. The van der Waals surface area contributed by atoms with Gasteiger partial charge < -0.3 is 4.52 Å². The van der Waals surface area contributed by atoms with Crippen LogP contribution in [0.25, 0.3) is 0 Å². The van der Waals surface area contributed by atoms with Crippen LogP contribution in [0, 0.1) is 6.92 Å². The summed E-state index contributed by atoms with van der Waals surface area (Å²) in [5.74, 6) is 0.783. The number of aryl methyl sites for hydroxylation is 1. The van der Waals surface area contributed by atoms with Crippen LogP contribution < -0.4 is 9.44 Å². The van der Waals surface area contributed by atoms with Crippen molar-refractivity contribution >= 4 is 16.0 Å². The summed E-state index contributed by atoms with van der Waals surface area (Å²) in [4.78, 5) is 0. The molecule has 1 aliphatic rings. The first-order chi connectivity index (χ1) is 8.05. The molecule has 6 nitrogen and oxygen atoms in total. The molecule has 1 aromatic heterocycles. The molecular weight excluding hydrogens is 242 g/mol. The van der Waals surface area contributed by atoms with E-state index in [-0.39, 0.29) is 11.9 Å². The number of rotatable bonds is 4. The van der Waals surface area contributed by atoms with Crippen molar-refractivity contribution in [2.45, 2.75) is 45.1 Å². The molecule has 0 bridgehead atoms. The van der Waals surface area contributed by atoms with Crippen molar-refractivity contribution in [1.29, 1.82) is 0 Å². The van der Waals surface area contributed by atoms with Crippen LogP contribution in [0.1, 0.15) is 37.9 Å². The number of hydrogen-bond acceptors (Lipinski definition) is 4. The highest BCUT2D eigenvalue weighted by Gasteiger charge is 2.20. The monoisotopic (exact) mass is 259 g/mol. The molecule has 1 aliphatic carbocycles. The van der Waals surface area contributed by atoms with Gasteiger partial charge in [0, 0.05) is 12.1 Å². The van der Waals surface area contributed by atoms with Crippen LogP contribution in [-0.2, 0) is 10.2 Å². The number of hydrogen-bond donors (Lipinski definition) is 2. The van der Waals surface area contributed by atoms with E-state index in [1.54, 1.807) is 13.0 Å². The molecule has 0 aromatic carbocycles. The molecule has 0 unspecified atom stereocenters. The van der Waals surface area contributed by atoms with Crippen molar-refractivity contribution in [1.82, 2.24) is 9.88 Å². The zero-order chi connectivity index (χ0) is 12.3. The maximum Gasteiger partial charge on any atom is 0.300 e. The first kappa shape index (κ1) is 12.4. The number of anilines is 1. The fraction of sp³-hybridized carbons (Fsp3) is 0.700. The molecule has 0 atom stereocenters. The van der Waals surface area contributed by atoms with Crippen LogP contribution in [0.5, 0.6) is 0 Å². The maximum atomic E-state index is 11.8. The number of nitrogens with one attached hydrogen (secondary N) is 2. The lowest BCUT2D eigenvalue weighted by molar-refractivity contribution is 0.399. The van der Waals surface area contributed by atoms with Gasteiger partial charge >= 0.3 is 10.2 Å². The van der Waals surface area contributed by atoms with Crippen LogP contribution in [-0.4, -0.2) is 19.6 Å². The lowest BCUT2D eigenvalue weighted by Gasteiger charge is -2.22. The Bertz CT molecular complexity index is 463. The van der Waals surface area contributed by atoms with Crippen LogP contribution in [0.2, 0.25) is 0 Å². The quantitative estimate of drug-likeness (QED) is 0.859. The molecular formula is C10H17N3O3S. The van der Waals surface area contributed by atoms with Crippen molar-refractivity contribution in [2.24, 2.45) is 0 Å². The van der Waals surface area contributed by atoms with Gasteiger partial charge in [0.15, 0.2) is 5.82 Å². The molecule has 1 heterocycles. The zero-order valence-electron chi connectivity index (χ0n) is 9.77. The van der Waals surface area contributed by atoms with E-state index in [2.05, 4.69) is 14.6 Å². The normalized spacial score (nSPS) is 18.2. The van der Waals surface area contributed by atoms with Crippen LogP contribution in [0.3, 0.4) is 0 Å². The van der Waals surface area contributed by atoms with E-state index in [0.29, 0.717) is 5.76 Å². The van der Waals surface area contributed by atoms with E-state index in [4.69, 9.17) is 4.52 Å². The Kier molecular flexibility index (Phi) is 3.68. The smallest absolute Gasteiger partial charge is 0.300 e. The van der Waals surface area contributed by atoms with Gasteiger partial charge in [0.25, 0.3) is 0 Å². The summed E-state index contributed by atoms with van der Waals surface area (Å²) in [6.45, 7) is 1.71. The number of nitrogens with zero attached hydrogens (tertiary/aromatic N) is 1. The summed E-state index contributed by atoms with van der Waals surface area (Å²) in [6.07, 6.45) is 5.15. The van der Waals surface area contributed by atoms with Gasteiger partial charge in [0.2, 0.25) is 0 Å². The predicted molar refractivity (Wildman–Crippen MR) is 63.8 cm³/mol. The highest BCUT2D eigenvalue weighted by molar-refractivity contribution is 7.90. The van der Waals surface area contributed by atoms with E-state index in [1.165, 1.54) is 6.42 Å². The van der Waals surface area contributed by atoms with Gasteiger partial charge in [-0.05, 0) is 19.8 Å². The Morgan fingerprint density at radius 2 is 2.06 bits per heavy atom. The Balaban J connectivity index is 1.94. The van der Waals surface area contributed by atoms with Crippen molar-refractivity contribution in [3.8, 4) is 0 Å². The van der Waals surface area contributed by atoms with Crippen molar-refractivity contribution < 1.29 is 12.9 Å². The van der Waals surface area contributed by atoms with Gasteiger partial charge in [-0.2, -0.15) is 13.1 Å². The lowest BCUT2D eigenvalue weighted by Crippen LogP contribution is -2.39. The zero-order valence-corrected chi connectivity index (χ0v) is 10.6. The summed E-state index contributed by atoms with van der Waals surface area (Å²) in [7, 11) is -3.54. The first-order valence-corrected chi connectivity index (χ1v) is 7.27. The average Bonchev–Trinajstić information content (AvgIpc) is 2.63. The van der Waals surface area contributed by atoms with E-state index in [9.17, 15) is 8.42 Å². The second-order valence-corrected chi connectivity index (χ2v) is 5.83. The van der Waals surface area contributed by atoms with E-state index < -0.39 is 10.2 Å². The highest BCUT2D eigenvalue weighted by Crippen LogP contribution is 2.18. The fourth-order valence-electron chi connectivity index (χ4n) is 2.02. The first-order valence-electron chi connectivity index (χ1n) is 5.78. The Hall–Kier alpha value is -1.08. The minimum absolute atomic E-state index is 0.0363. The third-order valence-electron chi connectivity index (χ3n) is 2.79. The van der Waals surface area contributed by atoms with Crippen molar-refractivity contribution in [2.75, 3.05) is 4.72 Å². The molecule has 17 heavy (non-hydrogen) atoms. The molecule has 0 aliphatic heterocycles. The van der Waals surface area contributed by atoms with Gasteiger partial charge in [-0.25, -0.2) is 0 Å². The Morgan fingerprint density at radius 3 is 2.65 bits per heavy atom. The largest absolute Gasteiger partial charge is 0.360 e. The second-order valence-electron chi connectivity index (χ2n) is 4.38. The molecule has 2 rings (SSSR count). The van der Waals surface area contributed by atoms with Gasteiger partial charge in [0.05, 0.1) is 0 Å². The minimum atomic E-state index is -3.54. The summed E-state index contributed by atoms with van der Waals surface area (Å²) in [5, 5.41) is 3.59. The van der Waals surface area contributed by atoms with Crippen molar-refractivity contribution in [3.63, 3.8) is 0 Å². The molecule has 2 N–H and O–H groups in total. The summed E-state index contributed by atoms with van der Waals surface area (Å²) >= 11 is 0. The van der Waals surface area contributed by atoms with Gasteiger partial charge in [-0.1, -0.05) is 24.4 Å². The molecule has 0 radical (unpaired) electrons. The molecule has 0 saturated heterocycles. The molecule has 1 saturated carbocycles.